The first-order valence-corrected chi connectivity index (χ1v) is 8.47. The zero-order chi connectivity index (χ0) is 16.5. The van der Waals surface area contributed by atoms with Gasteiger partial charge in [-0.2, -0.15) is 10.2 Å². The van der Waals surface area contributed by atoms with Gasteiger partial charge in [-0.3, -0.25) is 19.2 Å². The molecule has 8 heteroatoms. The van der Waals surface area contributed by atoms with Crippen LogP contribution in [0.1, 0.15) is 12.5 Å². The van der Waals surface area contributed by atoms with E-state index in [0.29, 0.717) is 6.04 Å². The van der Waals surface area contributed by atoms with Crippen molar-refractivity contribution in [3.63, 3.8) is 0 Å². The number of likely N-dealkylation sites (N-methyl/N-ethyl adjacent to an activating group) is 1. The summed E-state index contributed by atoms with van der Waals surface area (Å²) in [4.78, 5) is 18.1. The third-order valence-electron chi connectivity index (χ3n) is 4.94. The fraction of sp³-hybridized carbons (Fsp3) is 0.562. The summed E-state index contributed by atoms with van der Waals surface area (Å²) in [6.07, 6.45) is 8.73. The lowest BCUT2D eigenvalue weighted by Crippen LogP contribution is -2.28. The zero-order valence-electron chi connectivity index (χ0n) is 14.0. The van der Waals surface area contributed by atoms with Gasteiger partial charge in [0.1, 0.15) is 0 Å². The molecule has 2 saturated heterocycles. The summed E-state index contributed by atoms with van der Waals surface area (Å²) >= 11 is 0. The van der Waals surface area contributed by atoms with E-state index in [1.54, 1.807) is 9.80 Å². The Labute approximate surface area is 141 Å². The minimum Gasteiger partial charge on any atom is -0.326 e. The normalized spacial score (nSPS) is 22.0. The Morgan fingerprint density at radius 3 is 2.88 bits per heavy atom. The number of carbonyl (C=O) groups is 1. The van der Waals surface area contributed by atoms with Crippen LogP contribution in [0.25, 0.3) is 0 Å². The summed E-state index contributed by atoms with van der Waals surface area (Å²) in [6, 6.07) is 2.39. The lowest BCUT2D eigenvalue weighted by atomic mass is 10.3. The molecule has 2 aromatic rings. The van der Waals surface area contributed by atoms with Crippen molar-refractivity contribution in [2.45, 2.75) is 19.0 Å². The van der Waals surface area contributed by atoms with Crippen molar-refractivity contribution < 1.29 is 4.79 Å². The van der Waals surface area contributed by atoms with Crippen LogP contribution in [-0.4, -0.2) is 75.2 Å². The van der Waals surface area contributed by atoms with Crippen LogP contribution in [0.3, 0.4) is 0 Å². The van der Waals surface area contributed by atoms with Crippen LogP contribution in [0.5, 0.6) is 0 Å². The monoisotopic (exact) mass is 329 g/mol. The average Bonchev–Trinajstić information content (AvgIpc) is 3.34. The molecule has 4 rings (SSSR count). The van der Waals surface area contributed by atoms with Crippen LogP contribution in [0, 0.1) is 0 Å². The highest BCUT2D eigenvalue weighted by molar-refractivity contribution is 5.93. The molecule has 2 aliphatic heterocycles. The van der Waals surface area contributed by atoms with E-state index in [2.05, 4.69) is 15.1 Å². The Morgan fingerprint density at radius 1 is 1.21 bits per heavy atom. The maximum absolute atomic E-state index is 12.1. The molecule has 128 valence electrons. The predicted molar refractivity (Wildman–Crippen MR) is 89.9 cm³/mol. The van der Waals surface area contributed by atoms with E-state index >= 15 is 0 Å². The standard InChI is InChI=1S/C16H23N7O/c1-19-7-10-22(16(19)24)15-11-18-23(13-15)14-3-6-20(12-14)8-9-21-5-2-4-17-21/h2,4-5,11,13-14H,3,6-10,12H2,1H3. The van der Waals surface area contributed by atoms with Gasteiger partial charge < -0.3 is 4.90 Å². The van der Waals surface area contributed by atoms with Gasteiger partial charge in [-0.1, -0.05) is 0 Å². The smallest absolute Gasteiger partial charge is 0.324 e. The Hall–Kier alpha value is -2.35. The van der Waals surface area contributed by atoms with Crippen molar-refractivity contribution in [1.29, 1.82) is 0 Å². The number of rotatable bonds is 5. The Kier molecular flexibility index (Phi) is 3.97. The van der Waals surface area contributed by atoms with Crippen molar-refractivity contribution in [3.05, 3.63) is 30.9 Å². The molecule has 0 saturated carbocycles. The molecule has 2 aliphatic rings. The molecule has 1 unspecified atom stereocenters. The second-order valence-electron chi connectivity index (χ2n) is 6.55. The van der Waals surface area contributed by atoms with Crippen molar-refractivity contribution in [2.24, 2.45) is 0 Å². The van der Waals surface area contributed by atoms with E-state index in [-0.39, 0.29) is 6.03 Å². The number of anilines is 1. The molecule has 2 amide bonds. The fourth-order valence-electron chi connectivity index (χ4n) is 3.46. The van der Waals surface area contributed by atoms with Gasteiger partial charge >= 0.3 is 6.03 Å². The van der Waals surface area contributed by atoms with Gasteiger partial charge in [-0.25, -0.2) is 4.79 Å². The third-order valence-corrected chi connectivity index (χ3v) is 4.94. The quantitative estimate of drug-likeness (QED) is 0.818. The van der Waals surface area contributed by atoms with Gasteiger partial charge in [0, 0.05) is 58.4 Å². The van der Waals surface area contributed by atoms with Crippen LogP contribution in [-0.2, 0) is 6.54 Å². The van der Waals surface area contributed by atoms with Gasteiger partial charge in [0.05, 0.1) is 24.5 Å². The minimum absolute atomic E-state index is 0.0572. The maximum atomic E-state index is 12.1. The second-order valence-corrected chi connectivity index (χ2v) is 6.55. The molecule has 0 radical (unpaired) electrons. The van der Waals surface area contributed by atoms with Crippen molar-refractivity contribution in [1.82, 2.24) is 29.4 Å². The van der Waals surface area contributed by atoms with Crippen LogP contribution in [0.15, 0.2) is 30.9 Å². The van der Waals surface area contributed by atoms with E-state index in [9.17, 15) is 4.79 Å². The minimum atomic E-state index is 0.0572. The molecule has 1 atom stereocenters. The van der Waals surface area contributed by atoms with E-state index in [4.69, 9.17) is 0 Å². The molecule has 0 aliphatic carbocycles. The van der Waals surface area contributed by atoms with E-state index < -0.39 is 0 Å². The zero-order valence-corrected chi connectivity index (χ0v) is 14.0. The summed E-state index contributed by atoms with van der Waals surface area (Å²) in [7, 11) is 1.83. The second kappa shape index (κ2) is 6.27. The third kappa shape index (κ3) is 2.89. The molecule has 0 spiro atoms. The first-order chi connectivity index (χ1) is 11.7. The molecule has 4 heterocycles. The molecule has 0 bridgehead atoms. The highest BCUT2D eigenvalue weighted by atomic mass is 16.2. The van der Waals surface area contributed by atoms with Gasteiger partial charge in [0.25, 0.3) is 0 Å². The molecule has 0 N–H and O–H groups in total. The van der Waals surface area contributed by atoms with Crippen molar-refractivity contribution in [2.75, 3.05) is 44.7 Å². The van der Waals surface area contributed by atoms with Gasteiger partial charge in [0.15, 0.2) is 0 Å². The molecule has 2 aromatic heterocycles. The fourth-order valence-corrected chi connectivity index (χ4v) is 3.46. The lowest BCUT2D eigenvalue weighted by molar-refractivity contribution is 0.229. The van der Waals surface area contributed by atoms with Crippen LogP contribution in [0.2, 0.25) is 0 Å². The van der Waals surface area contributed by atoms with Crippen LogP contribution in [0.4, 0.5) is 10.5 Å². The summed E-state index contributed by atoms with van der Waals surface area (Å²) < 4.78 is 3.99. The molecule has 0 aromatic carbocycles. The molecular formula is C16H23N7O. The Balaban J connectivity index is 1.35. The van der Waals surface area contributed by atoms with E-state index in [1.165, 1.54) is 0 Å². The number of hydrogen-bond acceptors (Lipinski definition) is 4. The molecule has 2 fully saturated rings. The summed E-state index contributed by atoms with van der Waals surface area (Å²) in [5.41, 5.74) is 0.902. The lowest BCUT2D eigenvalue weighted by Gasteiger charge is -2.16. The summed E-state index contributed by atoms with van der Waals surface area (Å²) in [6.45, 7) is 5.50. The highest BCUT2D eigenvalue weighted by Gasteiger charge is 2.29. The SMILES string of the molecule is CN1CCN(c2cnn(C3CCN(CCn4cccn4)C3)c2)C1=O. The number of aromatic nitrogens is 4. The Bertz CT molecular complexity index is 695. The number of urea groups is 1. The Morgan fingerprint density at radius 2 is 2.12 bits per heavy atom. The first kappa shape index (κ1) is 15.2. The van der Waals surface area contributed by atoms with Crippen LogP contribution < -0.4 is 4.90 Å². The summed E-state index contributed by atoms with van der Waals surface area (Å²) in [5.74, 6) is 0. The van der Waals surface area contributed by atoms with Gasteiger partial charge in [-0.15, -0.1) is 0 Å². The maximum Gasteiger partial charge on any atom is 0.324 e. The van der Waals surface area contributed by atoms with E-state index in [0.717, 1.165) is 51.4 Å². The predicted octanol–water partition coefficient (Wildman–Crippen LogP) is 0.898. The van der Waals surface area contributed by atoms with E-state index in [1.807, 2.05) is 47.3 Å². The molecule has 8 nitrogen and oxygen atoms in total. The number of likely N-dealkylation sites (tertiary alicyclic amines) is 1. The van der Waals surface area contributed by atoms with Gasteiger partial charge in [0.2, 0.25) is 0 Å². The molecule has 24 heavy (non-hydrogen) atoms. The summed E-state index contributed by atoms with van der Waals surface area (Å²) in [5, 5.41) is 8.75. The van der Waals surface area contributed by atoms with Crippen LogP contribution >= 0.6 is 0 Å². The average molecular weight is 329 g/mol. The largest absolute Gasteiger partial charge is 0.326 e. The number of carbonyl (C=O) groups excluding carboxylic acids is 1. The topological polar surface area (TPSA) is 62.4 Å². The molecular weight excluding hydrogens is 306 g/mol. The number of hydrogen-bond donors (Lipinski definition) is 0. The number of nitrogens with zero attached hydrogens (tertiary/aromatic N) is 7. The first-order valence-electron chi connectivity index (χ1n) is 8.47. The highest BCUT2D eigenvalue weighted by Crippen LogP contribution is 2.25. The number of amides is 2. The van der Waals surface area contributed by atoms with Crippen molar-refractivity contribution >= 4 is 11.7 Å². The van der Waals surface area contributed by atoms with Crippen molar-refractivity contribution in [3.8, 4) is 0 Å². The van der Waals surface area contributed by atoms with Gasteiger partial charge in [-0.05, 0) is 12.5 Å².